The first kappa shape index (κ1) is 19.0. The van der Waals surface area contributed by atoms with Crippen molar-refractivity contribution < 1.29 is 27.5 Å². The molecule has 0 radical (unpaired) electrons. The molecule has 0 aliphatic carbocycles. The molecule has 2 N–H and O–H groups in total. The van der Waals surface area contributed by atoms with Crippen LogP contribution in [0.1, 0.15) is 13.8 Å². The zero-order chi connectivity index (χ0) is 17.8. The molecule has 0 aliphatic rings. The Morgan fingerprint density at radius 1 is 1.30 bits per heavy atom. The fraction of sp³-hybridized carbons (Fsp3) is 0.429. The molecule has 0 aromatic heterocycles. The Bertz CT molecular complexity index is 690. The van der Waals surface area contributed by atoms with Gasteiger partial charge in [-0.2, -0.15) is 4.72 Å². The number of rotatable bonds is 7. The number of carboxylic acid groups (broad SMARTS) is 1. The molecule has 1 unspecified atom stereocenters. The van der Waals surface area contributed by atoms with Gasteiger partial charge in [-0.25, -0.2) is 12.8 Å². The third-order valence-electron chi connectivity index (χ3n) is 3.09. The van der Waals surface area contributed by atoms with Crippen LogP contribution >= 0.6 is 0 Å². The molecule has 1 amide bonds. The van der Waals surface area contributed by atoms with E-state index in [1.807, 2.05) is 0 Å². The highest BCUT2D eigenvalue weighted by Crippen LogP contribution is 2.16. The predicted molar refractivity (Wildman–Crippen MR) is 80.6 cm³/mol. The number of hydrogen-bond acceptors (Lipinski definition) is 4. The van der Waals surface area contributed by atoms with E-state index in [2.05, 4.69) is 4.72 Å². The molecule has 0 bridgehead atoms. The van der Waals surface area contributed by atoms with Gasteiger partial charge in [0.25, 0.3) is 0 Å². The van der Waals surface area contributed by atoms with E-state index in [-0.39, 0.29) is 0 Å². The molecule has 0 saturated heterocycles. The number of sulfonamides is 1. The van der Waals surface area contributed by atoms with E-state index >= 15 is 0 Å². The third kappa shape index (κ3) is 5.00. The molecule has 7 nitrogen and oxygen atoms in total. The van der Waals surface area contributed by atoms with Crippen molar-refractivity contribution >= 4 is 21.9 Å². The van der Waals surface area contributed by atoms with Gasteiger partial charge >= 0.3 is 5.97 Å². The lowest BCUT2D eigenvalue weighted by atomic mass is 10.0. The second-order valence-electron chi connectivity index (χ2n) is 5.36. The van der Waals surface area contributed by atoms with Crippen molar-refractivity contribution in [2.45, 2.75) is 24.8 Å². The van der Waals surface area contributed by atoms with Gasteiger partial charge < -0.3 is 10.0 Å². The summed E-state index contributed by atoms with van der Waals surface area (Å²) in [5.41, 5.74) is 0. The number of carbonyl (C=O) groups is 2. The molecular formula is C14H19FN2O5S. The average molecular weight is 346 g/mol. The highest BCUT2D eigenvalue weighted by molar-refractivity contribution is 7.89. The van der Waals surface area contributed by atoms with Gasteiger partial charge in [0.2, 0.25) is 15.9 Å². The summed E-state index contributed by atoms with van der Waals surface area (Å²) in [7, 11) is -3.01. The number of likely N-dealkylation sites (N-methyl/N-ethyl adjacent to an activating group) is 1. The molecular weight excluding hydrogens is 327 g/mol. The number of hydrogen-bond donors (Lipinski definition) is 2. The number of amides is 1. The van der Waals surface area contributed by atoms with E-state index < -0.39 is 51.1 Å². The van der Waals surface area contributed by atoms with Crippen molar-refractivity contribution in [2.75, 3.05) is 13.6 Å². The van der Waals surface area contributed by atoms with Crippen LogP contribution in [-0.4, -0.2) is 49.9 Å². The standard InChI is InChI=1S/C14H19FN2O5S/c1-9(2)13(14(20)17(3)8-12(18)19)16-23(21,22)11-7-5-4-6-10(11)15/h4-7,9,13,16H,8H2,1-3H3,(H,18,19). The predicted octanol–water partition coefficient (Wildman–Crippen LogP) is 0.672. The lowest BCUT2D eigenvalue weighted by molar-refractivity contribution is -0.144. The SMILES string of the molecule is CC(C)C(NS(=O)(=O)c1ccccc1F)C(=O)N(C)CC(=O)O. The number of nitrogens with zero attached hydrogens (tertiary/aromatic N) is 1. The molecule has 0 saturated carbocycles. The zero-order valence-corrected chi connectivity index (χ0v) is 13.8. The summed E-state index contributed by atoms with van der Waals surface area (Å²) in [4.78, 5) is 23.3. The lowest BCUT2D eigenvalue weighted by Crippen LogP contribution is -2.51. The summed E-state index contributed by atoms with van der Waals surface area (Å²) in [5, 5.41) is 8.72. The Morgan fingerprint density at radius 3 is 2.35 bits per heavy atom. The fourth-order valence-corrected chi connectivity index (χ4v) is 3.30. The second kappa shape index (κ2) is 7.51. The molecule has 1 rings (SSSR count). The van der Waals surface area contributed by atoms with Gasteiger partial charge in [-0.05, 0) is 18.1 Å². The molecule has 0 aliphatic heterocycles. The van der Waals surface area contributed by atoms with Gasteiger partial charge in [0.1, 0.15) is 23.3 Å². The summed E-state index contributed by atoms with van der Waals surface area (Å²) in [6.45, 7) is 2.63. The van der Waals surface area contributed by atoms with Gasteiger partial charge in [-0.15, -0.1) is 0 Å². The first-order valence-corrected chi connectivity index (χ1v) is 8.28. The Balaban J connectivity index is 3.07. The maximum Gasteiger partial charge on any atom is 0.323 e. The van der Waals surface area contributed by atoms with Gasteiger partial charge in [0.15, 0.2) is 0 Å². The molecule has 1 aromatic carbocycles. The van der Waals surface area contributed by atoms with E-state index in [0.717, 1.165) is 17.0 Å². The summed E-state index contributed by atoms with van der Waals surface area (Å²) >= 11 is 0. The van der Waals surface area contributed by atoms with E-state index in [4.69, 9.17) is 5.11 Å². The molecule has 0 heterocycles. The number of nitrogens with one attached hydrogen (secondary N) is 1. The Hall–Kier alpha value is -2.00. The van der Waals surface area contributed by atoms with E-state index in [0.29, 0.717) is 0 Å². The van der Waals surface area contributed by atoms with E-state index in [9.17, 15) is 22.4 Å². The number of benzene rings is 1. The van der Waals surface area contributed by atoms with Gasteiger partial charge in [-0.1, -0.05) is 26.0 Å². The largest absolute Gasteiger partial charge is 0.480 e. The summed E-state index contributed by atoms with van der Waals surface area (Å²) < 4.78 is 40.4. The van der Waals surface area contributed by atoms with Crippen LogP contribution in [0.25, 0.3) is 0 Å². The second-order valence-corrected chi connectivity index (χ2v) is 7.04. The maximum atomic E-state index is 13.7. The highest BCUT2D eigenvalue weighted by Gasteiger charge is 2.32. The molecule has 1 aromatic rings. The van der Waals surface area contributed by atoms with E-state index in [1.54, 1.807) is 13.8 Å². The van der Waals surface area contributed by atoms with Gasteiger partial charge in [0, 0.05) is 7.05 Å². The quantitative estimate of drug-likeness (QED) is 0.755. The number of halogens is 1. The van der Waals surface area contributed by atoms with Crippen molar-refractivity contribution in [3.8, 4) is 0 Å². The zero-order valence-electron chi connectivity index (χ0n) is 13.0. The van der Waals surface area contributed by atoms with Crippen molar-refractivity contribution in [1.82, 2.24) is 9.62 Å². The minimum atomic E-state index is -4.26. The Kier molecular flexibility index (Phi) is 6.22. The molecule has 128 valence electrons. The number of aliphatic carboxylic acids is 1. The van der Waals surface area contributed by atoms with E-state index in [1.165, 1.54) is 19.2 Å². The molecule has 0 spiro atoms. The monoisotopic (exact) mass is 346 g/mol. The molecule has 0 fully saturated rings. The smallest absolute Gasteiger partial charge is 0.323 e. The average Bonchev–Trinajstić information content (AvgIpc) is 2.43. The van der Waals surface area contributed by atoms with Crippen LogP contribution in [-0.2, 0) is 19.6 Å². The topological polar surface area (TPSA) is 104 Å². The Morgan fingerprint density at radius 2 is 1.87 bits per heavy atom. The van der Waals surface area contributed by atoms with Crippen LogP contribution in [0.3, 0.4) is 0 Å². The fourth-order valence-electron chi connectivity index (χ4n) is 1.88. The summed E-state index contributed by atoms with van der Waals surface area (Å²) in [5.74, 6) is -3.32. The van der Waals surface area contributed by atoms with Crippen molar-refractivity contribution in [2.24, 2.45) is 5.92 Å². The third-order valence-corrected chi connectivity index (χ3v) is 4.56. The summed E-state index contributed by atoms with van der Waals surface area (Å²) in [6, 6.07) is 3.59. The van der Waals surface area contributed by atoms with Crippen molar-refractivity contribution in [3.63, 3.8) is 0 Å². The number of carbonyl (C=O) groups excluding carboxylic acids is 1. The van der Waals surface area contributed by atoms with Crippen LogP contribution in [0.15, 0.2) is 29.2 Å². The first-order valence-electron chi connectivity index (χ1n) is 6.80. The van der Waals surface area contributed by atoms with Gasteiger partial charge in [0.05, 0.1) is 0 Å². The molecule has 1 atom stereocenters. The van der Waals surface area contributed by atoms with Crippen molar-refractivity contribution in [3.05, 3.63) is 30.1 Å². The van der Waals surface area contributed by atoms with Gasteiger partial charge in [-0.3, -0.25) is 9.59 Å². The van der Waals surface area contributed by atoms with Crippen LogP contribution in [0.2, 0.25) is 0 Å². The molecule has 9 heteroatoms. The first-order chi connectivity index (χ1) is 10.6. The minimum Gasteiger partial charge on any atom is -0.480 e. The minimum absolute atomic E-state index is 0.458. The van der Waals surface area contributed by atoms with Crippen LogP contribution < -0.4 is 4.72 Å². The van der Waals surface area contributed by atoms with Crippen molar-refractivity contribution in [1.29, 1.82) is 0 Å². The summed E-state index contributed by atoms with van der Waals surface area (Å²) in [6.07, 6.45) is 0. The lowest BCUT2D eigenvalue weighted by Gasteiger charge is -2.26. The molecule has 23 heavy (non-hydrogen) atoms. The van der Waals surface area contributed by atoms with Crippen LogP contribution in [0, 0.1) is 11.7 Å². The highest BCUT2D eigenvalue weighted by atomic mass is 32.2. The maximum absolute atomic E-state index is 13.7. The number of carboxylic acids is 1. The van der Waals surface area contributed by atoms with Crippen LogP contribution in [0.4, 0.5) is 4.39 Å². The Labute approximate surface area is 134 Å². The normalized spacial score (nSPS) is 12.9. The van der Waals surface area contributed by atoms with Crippen LogP contribution in [0.5, 0.6) is 0 Å².